The Morgan fingerprint density at radius 3 is 2.38 bits per heavy atom. The highest BCUT2D eigenvalue weighted by Crippen LogP contribution is 2.36. The SMILES string of the molecule is CCCCCCC(Br)CC(CC(C)Br)c1ccccc1O. The summed E-state index contributed by atoms with van der Waals surface area (Å²) in [4.78, 5) is 0.993. The molecule has 1 aromatic carbocycles. The molecule has 1 N–H and O–H groups in total. The molecule has 0 radical (unpaired) electrons. The molecule has 0 amide bonds. The van der Waals surface area contributed by atoms with Gasteiger partial charge in [-0.15, -0.1) is 0 Å². The Morgan fingerprint density at radius 1 is 1.05 bits per heavy atom. The molecule has 0 aliphatic rings. The van der Waals surface area contributed by atoms with Crippen LogP contribution in [-0.4, -0.2) is 14.8 Å². The number of hydrogen-bond acceptors (Lipinski definition) is 1. The number of unbranched alkanes of at least 4 members (excludes halogenated alkanes) is 3. The molecular weight excluding hydrogens is 392 g/mol. The van der Waals surface area contributed by atoms with E-state index in [1.807, 2.05) is 12.1 Å². The minimum atomic E-state index is 0.399. The van der Waals surface area contributed by atoms with E-state index in [-0.39, 0.29) is 0 Å². The van der Waals surface area contributed by atoms with Gasteiger partial charge in [0.05, 0.1) is 0 Å². The molecule has 0 saturated carbocycles. The average Bonchev–Trinajstić information content (AvgIpc) is 2.43. The lowest BCUT2D eigenvalue weighted by molar-refractivity contribution is 0.449. The highest BCUT2D eigenvalue weighted by atomic mass is 79.9. The molecule has 0 saturated heterocycles. The van der Waals surface area contributed by atoms with Crippen LogP contribution in [0.3, 0.4) is 0 Å². The Hall–Kier alpha value is -0.0200. The van der Waals surface area contributed by atoms with Gasteiger partial charge in [0.15, 0.2) is 0 Å². The molecule has 1 rings (SSSR count). The maximum absolute atomic E-state index is 10.1. The van der Waals surface area contributed by atoms with Gasteiger partial charge in [-0.3, -0.25) is 0 Å². The summed E-state index contributed by atoms with van der Waals surface area (Å²) in [5.74, 6) is 0.831. The third kappa shape index (κ3) is 7.69. The second kappa shape index (κ2) is 10.7. The van der Waals surface area contributed by atoms with Crippen LogP contribution in [0.4, 0.5) is 0 Å². The third-order valence-corrected chi connectivity index (χ3v) is 5.10. The van der Waals surface area contributed by atoms with Crippen molar-refractivity contribution in [2.24, 2.45) is 0 Å². The first-order valence-corrected chi connectivity index (χ1v) is 9.93. The van der Waals surface area contributed by atoms with Crippen molar-refractivity contribution in [2.75, 3.05) is 0 Å². The second-order valence-electron chi connectivity index (χ2n) is 5.95. The second-order valence-corrected chi connectivity index (χ2v) is 8.81. The summed E-state index contributed by atoms with van der Waals surface area (Å²) in [7, 11) is 0. The van der Waals surface area contributed by atoms with Gasteiger partial charge < -0.3 is 5.11 Å². The van der Waals surface area contributed by atoms with Crippen molar-refractivity contribution in [1.82, 2.24) is 0 Å². The first kappa shape index (κ1) is 19.0. The molecule has 3 atom stereocenters. The molecule has 0 aromatic heterocycles. The largest absolute Gasteiger partial charge is 0.508 e. The predicted molar refractivity (Wildman–Crippen MR) is 99.9 cm³/mol. The van der Waals surface area contributed by atoms with Gasteiger partial charge in [-0.2, -0.15) is 0 Å². The van der Waals surface area contributed by atoms with Crippen LogP contribution >= 0.6 is 31.9 Å². The highest BCUT2D eigenvalue weighted by Gasteiger charge is 2.20. The van der Waals surface area contributed by atoms with E-state index in [1.165, 1.54) is 32.1 Å². The third-order valence-electron chi connectivity index (χ3n) is 3.90. The molecule has 3 heteroatoms. The van der Waals surface area contributed by atoms with Gasteiger partial charge in [-0.25, -0.2) is 0 Å². The van der Waals surface area contributed by atoms with E-state index in [2.05, 4.69) is 51.8 Å². The molecule has 0 heterocycles. The number of rotatable bonds is 10. The van der Waals surface area contributed by atoms with Gasteiger partial charge >= 0.3 is 0 Å². The van der Waals surface area contributed by atoms with E-state index in [0.29, 0.717) is 21.3 Å². The van der Waals surface area contributed by atoms with Crippen LogP contribution in [0.25, 0.3) is 0 Å². The molecule has 21 heavy (non-hydrogen) atoms. The zero-order chi connectivity index (χ0) is 15.7. The number of hydrogen-bond donors (Lipinski definition) is 1. The van der Waals surface area contributed by atoms with Crippen molar-refractivity contribution in [1.29, 1.82) is 0 Å². The number of para-hydroxylation sites is 1. The molecule has 0 fully saturated rings. The van der Waals surface area contributed by atoms with E-state index in [0.717, 1.165) is 18.4 Å². The maximum atomic E-state index is 10.1. The fourth-order valence-electron chi connectivity index (χ4n) is 2.79. The van der Waals surface area contributed by atoms with Crippen molar-refractivity contribution < 1.29 is 5.11 Å². The zero-order valence-electron chi connectivity index (χ0n) is 13.2. The molecule has 1 nitrogen and oxygen atoms in total. The number of aromatic hydroxyl groups is 1. The number of phenols is 1. The molecule has 3 unspecified atom stereocenters. The van der Waals surface area contributed by atoms with Crippen LogP contribution in [-0.2, 0) is 0 Å². The topological polar surface area (TPSA) is 20.2 Å². The number of benzene rings is 1. The lowest BCUT2D eigenvalue weighted by atomic mass is 9.88. The van der Waals surface area contributed by atoms with Crippen molar-refractivity contribution in [3.63, 3.8) is 0 Å². The van der Waals surface area contributed by atoms with Crippen LogP contribution in [0.15, 0.2) is 24.3 Å². The number of halogens is 2. The van der Waals surface area contributed by atoms with Crippen molar-refractivity contribution in [2.45, 2.75) is 74.4 Å². The fraction of sp³-hybridized carbons (Fsp3) is 0.667. The average molecular weight is 420 g/mol. The molecule has 120 valence electrons. The van der Waals surface area contributed by atoms with E-state index in [9.17, 15) is 5.11 Å². The highest BCUT2D eigenvalue weighted by molar-refractivity contribution is 9.09. The summed E-state index contributed by atoms with van der Waals surface area (Å²) in [6, 6.07) is 7.77. The van der Waals surface area contributed by atoms with Crippen molar-refractivity contribution >= 4 is 31.9 Å². The summed E-state index contributed by atoms with van der Waals surface area (Å²) < 4.78 is 0. The first-order valence-electron chi connectivity index (χ1n) is 8.10. The number of phenolic OH excluding ortho intramolecular Hbond substituents is 1. The quantitative estimate of drug-likeness (QED) is 0.327. The zero-order valence-corrected chi connectivity index (χ0v) is 16.4. The first-order chi connectivity index (χ1) is 10.0. The van der Waals surface area contributed by atoms with Crippen LogP contribution in [0.1, 0.15) is 70.3 Å². The van der Waals surface area contributed by atoms with E-state index in [4.69, 9.17) is 0 Å². The Morgan fingerprint density at radius 2 is 1.76 bits per heavy atom. The van der Waals surface area contributed by atoms with Gasteiger partial charge in [0.1, 0.15) is 5.75 Å². The molecule has 0 aliphatic heterocycles. The molecule has 0 bridgehead atoms. The molecule has 1 aromatic rings. The van der Waals surface area contributed by atoms with Gasteiger partial charge in [0, 0.05) is 9.65 Å². The Kier molecular flexibility index (Phi) is 9.66. The number of alkyl halides is 2. The lowest BCUT2D eigenvalue weighted by Crippen LogP contribution is -2.11. The minimum Gasteiger partial charge on any atom is -0.508 e. The van der Waals surface area contributed by atoms with E-state index >= 15 is 0 Å². The normalized spacial score (nSPS) is 15.6. The Labute approximate surface area is 146 Å². The molecule has 0 aliphatic carbocycles. The standard InChI is InChI=1S/C18H28Br2O/c1-3-4-5-6-9-16(20)13-15(12-14(2)19)17-10-7-8-11-18(17)21/h7-8,10-11,14-16,21H,3-6,9,12-13H2,1-2H3. The smallest absolute Gasteiger partial charge is 0.119 e. The van der Waals surface area contributed by atoms with Crippen molar-refractivity contribution in [3.8, 4) is 5.75 Å². The summed E-state index contributed by atoms with van der Waals surface area (Å²) in [6.45, 7) is 4.43. The summed E-state index contributed by atoms with van der Waals surface area (Å²) in [6.07, 6.45) is 8.60. The summed E-state index contributed by atoms with van der Waals surface area (Å²) in [5, 5.41) is 10.1. The fourth-order valence-corrected chi connectivity index (χ4v) is 4.02. The summed E-state index contributed by atoms with van der Waals surface area (Å²) in [5.41, 5.74) is 1.09. The monoisotopic (exact) mass is 418 g/mol. The van der Waals surface area contributed by atoms with E-state index < -0.39 is 0 Å². The van der Waals surface area contributed by atoms with Crippen molar-refractivity contribution in [3.05, 3.63) is 29.8 Å². The van der Waals surface area contributed by atoms with Crippen LogP contribution in [0.2, 0.25) is 0 Å². The minimum absolute atomic E-state index is 0.399. The molecular formula is C18H28Br2O. The van der Waals surface area contributed by atoms with E-state index in [1.54, 1.807) is 6.07 Å². The van der Waals surface area contributed by atoms with Gasteiger partial charge in [-0.05, 0) is 36.8 Å². The predicted octanol–water partition coefficient (Wildman–Crippen LogP) is 6.77. The van der Waals surface area contributed by atoms with Gasteiger partial charge in [-0.1, -0.05) is 89.6 Å². The summed E-state index contributed by atoms with van der Waals surface area (Å²) >= 11 is 7.51. The van der Waals surface area contributed by atoms with Crippen LogP contribution in [0.5, 0.6) is 5.75 Å². The Balaban J connectivity index is 2.60. The van der Waals surface area contributed by atoms with Gasteiger partial charge in [0.25, 0.3) is 0 Å². The molecule has 0 spiro atoms. The van der Waals surface area contributed by atoms with Crippen LogP contribution < -0.4 is 0 Å². The lowest BCUT2D eigenvalue weighted by Gasteiger charge is -2.22. The van der Waals surface area contributed by atoms with Gasteiger partial charge in [0.2, 0.25) is 0 Å². The maximum Gasteiger partial charge on any atom is 0.119 e. The Bertz CT molecular complexity index is 393. The van der Waals surface area contributed by atoms with Crippen LogP contribution in [0, 0.1) is 0 Å².